The summed E-state index contributed by atoms with van der Waals surface area (Å²) >= 11 is 0. The highest BCUT2D eigenvalue weighted by Gasteiger charge is 2.16. The normalized spacial score (nSPS) is 17.2. The van der Waals surface area contributed by atoms with Gasteiger partial charge in [0.1, 0.15) is 0 Å². The van der Waals surface area contributed by atoms with Crippen LogP contribution < -0.4 is 5.32 Å². The Balaban J connectivity index is 2.06. The number of benzene rings is 1. The van der Waals surface area contributed by atoms with Crippen molar-refractivity contribution in [2.75, 3.05) is 26.2 Å². The number of rotatable bonds is 1. The molecule has 0 aromatic heterocycles. The van der Waals surface area contributed by atoms with E-state index in [1.807, 2.05) is 17.0 Å². The molecule has 1 N–H and O–H groups in total. The third-order valence-electron chi connectivity index (χ3n) is 2.58. The van der Waals surface area contributed by atoms with E-state index in [2.05, 4.69) is 11.4 Å². The zero-order valence-corrected chi connectivity index (χ0v) is 8.70. The van der Waals surface area contributed by atoms with E-state index >= 15 is 0 Å². The minimum atomic E-state index is 0.121. The Morgan fingerprint density at radius 2 is 2.33 bits per heavy atom. The first-order chi connectivity index (χ1) is 7.38. The summed E-state index contributed by atoms with van der Waals surface area (Å²) < 4.78 is 0. The molecule has 1 radical (unpaired) electrons. The minimum Gasteiger partial charge on any atom is -0.337 e. The lowest BCUT2D eigenvalue weighted by Crippen LogP contribution is -2.34. The molecule has 1 aliphatic heterocycles. The average Bonchev–Trinajstić information content (AvgIpc) is 2.58. The molecule has 0 unspecified atom stereocenters. The summed E-state index contributed by atoms with van der Waals surface area (Å²) in [7, 11) is 0. The molecule has 1 aromatic carbocycles. The Bertz CT molecular complexity index is 316. The quantitative estimate of drug-likeness (QED) is 0.736. The van der Waals surface area contributed by atoms with Crippen molar-refractivity contribution < 1.29 is 4.79 Å². The van der Waals surface area contributed by atoms with E-state index in [0.717, 1.165) is 38.2 Å². The van der Waals surface area contributed by atoms with Gasteiger partial charge >= 0.3 is 0 Å². The van der Waals surface area contributed by atoms with Gasteiger partial charge in [0.15, 0.2) is 0 Å². The minimum absolute atomic E-state index is 0.121. The molecular weight excluding hydrogens is 188 g/mol. The number of nitrogens with zero attached hydrogens (tertiary/aromatic N) is 1. The maximum absolute atomic E-state index is 12.0. The van der Waals surface area contributed by atoms with E-state index < -0.39 is 0 Å². The lowest BCUT2D eigenvalue weighted by molar-refractivity contribution is 0.0766. The Morgan fingerprint density at radius 3 is 3.13 bits per heavy atom. The molecule has 79 valence electrons. The Morgan fingerprint density at radius 1 is 1.40 bits per heavy atom. The fraction of sp³-hybridized carbons (Fsp3) is 0.417. The Kier molecular flexibility index (Phi) is 3.35. The summed E-state index contributed by atoms with van der Waals surface area (Å²) in [5, 5.41) is 3.28. The third-order valence-corrected chi connectivity index (χ3v) is 2.58. The molecule has 3 heteroatoms. The summed E-state index contributed by atoms with van der Waals surface area (Å²) in [5.41, 5.74) is 0.736. The van der Waals surface area contributed by atoms with Crippen molar-refractivity contribution in [2.45, 2.75) is 6.42 Å². The van der Waals surface area contributed by atoms with Crippen LogP contribution in [0.25, 0.3) is 0 Å². The fourth-order valence-electron chi connectivity index (χ4n) is 1.76. The molecule has 1 amide bonds. The molecule has 1 fully saturated rings. The van der Waals surface area contributed by atoms with Crippen LogP contribution in [-0.2, 0) is 0 Å². The third kappa shape index (κ3) is 2.57. The van der Waals surface area contributed by atoms with Crippen molar-refractivity contribution in [1.82, 2.24) is 10.2 Å². The predicted molar refractivity (Wildman–Crippen MR) is 58.7 cm³/mol. The highest BCUT2D eigenvalue weighted by molar-refractivity contribution is 5.94. The van der Waals surface area contributed by atoms with Gasteiger partial charge in [0.05, 0.1) is 0 Å². The smallest absolute Gasteiger partial charge is 0.253 e. The van der Waals surface area contributed by atoms with Gasteiger partial charge in [-0.25, -0.2) is 0 Å². The molecule has 0 bridgehead atoms. The van der Waals surface area contributed by atoms with Gasteiger partial charge in [-0.2, -0.15) is 0 Å². The zero-order chi connectivity index (χ0) is 10.5. The van der Waals surface area contributed by atoms with Crippen molar-refractivity contribution >= 4 is 5.91 Å². The highest BCUT2D eigenvalue weighted by atomic mass is 16.2. The summed E-state index contributed by atoms with van der Waals surface area (Å²) in [5.74, 6) is 0.121. The van der Waals surface area contributed by atoms with Crippen LogP contribution >= 0.6 is 0 Å². The Labute approximate surface area is 90.1 Å². The van der Waals surface area contributed by atoms with Crippen molar-refractivity contribution in [3.63, 3.8) is 0 Å². The van der Waals surface area contributed by atoms with Gasteiger partial charge in [-0.1, -0.05) is 12.1 Å². The molecule has 1 aliphatic rings. The maximum Gasteiger partial charge on any atom is 0.253 e. The van der Waals surface area contributed by atoms with Gasteiger partial charge in [0, 0.05) is 25.2 Å². The monoisotopic (exact) mass is 203 g/mol. The number of amides is 1. The van der Waals surface area contributed by atoms with Crippen molar-refractivity contribution in [2.24, 2.45) is 0 Å². The molecule has 1 saturated heterocycles. The number of hydrogen-bond donors (Lipinski definition) is 1. The van der Waals surface area contributed by atoms with Crippen molar-refractivity contribution in [1.29, 1.82) is 0 Å². The van der Waals surface area contributed by atoms with Gasteiger partial charge in [-0.3, -0.25) is 4.79 Å². The number of nitrogens with one attached hydrogen (secondary N) is 1. The van der Waals surface area contributed by atoms with Crippen molar-refractivity contribution in [3.8, 4) is 0 Å². The van der Waals surface area contributed by atoms with E-state index in [9.17, 15) is 4.79 Å². The summed E-state index contributed by atoms with van der Waals surface area (Å²) in [6.07, 6.45) is 1.03. The van der Waals surface area contributed by atoms with Gasteiger partial charge in [0.2, 0.25) is 0 Å². The average molecular weight is 203 g/mol. The molecule has 2 rings (SSSR count). The van der Waals surface area contributed by atoms with Gasteiger partial charge in [-0.05, 0) is 31.2 Å². The molecular formula is C12H15N2O. The fourth-order valence-corrected chi connectivity index (χ4v) is 1.76. The molecule has 1 aromatic rings. The van der Waals surface area contributed by atoms with Gasteiger partial charge < -0.3 is 10.2 Å². The largest absolute Gasteiger partial charge is 0.337 e. The Hall–Kier alpha value is -1.35. The number of hydrogen-bond acceptors (Lipinski definition) is 2. The number of carbonyl (C=O) groups is 1. The second-order valence-corrected chi connectivity index (χ2v) is 3.69. The highest BCUT2D eigenvalue weighted by Crippen LogP contribution is 2.05. The first kappa shape index (κ1) is 10.2. The standard InChI is InChI=1S/C12H15N2O/c15-12(11-5-2-1-3-6-11)14-9-4-7-13-8-10-14/h1-2,5-6,13H,4,7-10H2. The lowest BCUT2D eigenvalue weighted by atomic mass is 10.2. The van der Waals surface area contributed by atoms with Crippen LogP contribution in [-0.4, -0.2) is 37.0 Å². The lowest BCUT2D eigenvalue weighted by Gasteiger charge is -2.19. The molecule has 1 heterocycles. The zero-order valence-electron chi connectivity index (χ0n) is 8.70. The van der Waals surface area contributed by atoms with Crippen LogP contribution in [0, 0.1) is 6.07 Å². The second kappa shape index (κ2) is 4.94. The second-order valence-electron chi connectivity index (χ2n) is 3.69. The molecule has 0 saturated carbocycles. The molecule has 15 heavy (non-hydrogen) atoms. The van der Waals surface area contributed by atoms with Crippen LogP contribution in [0.4, 0.5) is 0 Å². The van der Waals surface area contributed by atoms with E-state index in [0.29, 0.717) is 0 Å². The van der Waals surface area contributed by atoms with Crippen molar-refractivity contribution in [3.05, 3.63) is 35.9 Å². The van der Waals surface area contributed by atoms with Crippen LogP contribution in [0.15, 0.2) is 24.3 Å². The first-order valence-electron chi connectivity index (χ1n) is 5.34. The predicted octanol–water partition coefficient (Wildman–Crippen LogP) is 0.922. The summed E-state index contributed by atoms with van der Waals surface area (Å²) in [6, 6.07) is 10.2. The SMILES string of the molecule is O=C(c1c[c]ccc1)N1CCCNCC1. The van der Waals surface area contributed by atoms with Crippen LogP contribution in [0.1, 0.15) is 16.8 Å². The molecule has 0 atom stereocenters. The van der Waals surface area contributed by atoms with E-state index in [4.69, 9.17) is 0 Å². The van der Waals surface area contributed by atoms with Crippen LogP contribution in [0.3, 0.4) is 0 Å². The van der Waals surface area contributed by atoms with Gasteiger partial charge in [0.25, 0.3) is 5.91 Å². The van der Waals surface area contributed by atoms with E-state index in [1.54, 1.807) is 12.1 Å². The molecule has 0 aliphatic carbocycles. The summed E-state index contributed by atoms with van der Waals surface area (Å²) in [4.78, 5) is 13.9. The van der Waals surface area contributed by atoms with Crippen LogP contribution in [0.5, 0.6) is 0 Å². The topological polar surface area (TPSA) is 32.3 Å². The maximum atomic E-state index is 12.0. The van der Waals surface area contributed by atoms with E-state index in [-0.39, 0.29) is 5.91 Å². The molecule has 3 nitrogen and oxygen atoms in total. The first-order valence-corrected chi connectivity index (χ1v) is 5.34. The molecule has 0 spiro atoms. The number of carbonyl (C=O) groups excluding carboxylic acids is 1. The summed E-state index contributed by atoms with van der Waals surface area (Å²) in [6.45, 7) is 3.54. The van der Waals surface area contributed by atoms with Crippen LogP contribution in [0.2, 0.25) is 0 Å². The van der Waals surface area contributed by atoms with Gasteiger partial charge in [-0.15, -0.1) is 0 Å². The van der Waals surface area contributed by atoms with E-state index in [1.165, 1.54) is 0 Å².